The largest absolute Gasteiger partial charge is 0.391 e. The fourth-order valence-electron chi connectivity index (χ4n) is 4.08. The molecule has 0 spiro atoms. The number of hydrogen-bond donors (Lipinski definition) is 2. The summed E-state index contributed by atoms with van der Waals surface area (Å²) in [5.41, 5.74) is 6.03. The molecule has 2 nitrogen and oxygen atoms in total. The van der Waals surface area contributed by atoms with Crippen LogP contribution >= 0.6 is 0 Å². The zero-order valence-corrected chi connectivity index (χ0v) is 7.37. The smallest absolute Gasteiger partial charge is 0.0748 e. The van der Waals surface area contributed by atoms with Gasteiger partial charge in [-0.15, -0.1) is 0 Å². The summed E-state index contributed by atoms with van der Waals surface area (Å²) in [5.74, 6) is 2.23. The van der Waals surface area contributed by atoms with Crippen LogP contribution in [0.3, 0.4) is 0 Å². The van der Waals surface area contributed by atoms with Crippen LogP contribution in [-0.2, 0) is 0 Å². The number of hydrogen-bond acceptors (Lipinski definition) is 2. The average molecular weight is 167 g/mol. The van der Waals surface area contributed by atoms with Crippen LogP contribution in [0.5, 0.6) is 0 Å². The van der Waals surface area contributed by atoms with E-state index in [4.69, 9.17) is 5.73 Å². The van der Waals surface area contributed by atoms with Crippen LogP contribution < -0.4 is 5.73 Å². The molecule has 4 aliphatic rings. The van der Waals surface area contributed by atoms with Crippen molar-refractivity contribution in [3.63, 3.8) is 0 Å². The van der Waals surface area contributed by atoms with Crippen molar-refractivity contribution in [3.05, 3.63) is 0 Å². The monoisotopic (exact) mass is 167 g/mol. The van der Waals surface area contributed by atoms with Gasteiger partial charge < -0.3 is 10.8 Å². The first kappa shape index (κ1) is 7.34. The van der Waals surface area contributed by atoms with Gasteiger partial charge in [0.25, 0.3) is 0 Å². The molecule has 12 heavy (non-hydrogen) atoms. The lowest BCUT2D eigenvalue weighted by Crippen LogP contribution is -2.65. The highest BCUT2D eigenvalue weighted by molar-refractivity contribution is 5.09. The zero-order valence-electron chi connectivity index (χ0n) is 7.37. The van der Waals surface area contributed by atoms with Crippen LogP contribution in [-0.4, -0.2) is 16.7 Å². The second kappa shape index (κ2) is 2.05. The number of aliphatic hydroxyl groups excluding tert-OH is 1. The molecule has 4 saturated carbocycles. The van der Waals surface area contributed by atoms with Crippen LogP contribution in [0.1, 0.15) is 32.1 Å². The second-order valence-electron chi connectivity index (χ2n) is 5.29. The fourth-order valence-corrected chi connectivity index (χ4v) is 4.08. The Kier molecular flexibility index (Phi) is 1.25. The van der Waals surface area contributed by atoms with Crippen molar-refractivity contribution in [3.8, 4) is 0 Å². The summed E-state index contributed by atoms with van der Waals surface area (Å²) in [4.78, 5) is 0. The minimum atomic E-state index is -0.190. The SMILES string of the molecule is NC12CC3CC(CC(C3)C1O)C2. The molecule has 0 radical (unpaired) electrons. The lowest BCUT2D eigenvalue weighted by Gasteiger charge is -2.57. The van der Waals surface area contributed by atoms with Crippen LogP contribution in [0.25, 0.3) is 0 Å². The highest BCUT2D eigenvalue weighted by atomic mass is 16.3. The molecule has 4 aliphatic carbocycles. The summed E-state index contributed by atoms with van der Waals surface area (Å²) in [6.07, 6.45) is 5.86. The number of rotatable bonds is 0. The molecule has 0 aromatic heterocycles. The first-order valence-electron chi connectivity index (χ1n) is 5.14. The van der Waals surface area contributed by atoms with E-state index in [2.05, 4.69) is 0 Å². The van der Waals surface area contributed by atoms with Gasteiger partial charge in [0.1, 0.15) is 0 Å². The van der Waals surface area contributed by atoms with Crippen molar-refractivity contribution in [1.82, 2.24) is 0 Å². The third-order valence-corrected chi connectivity index (χ3v) is 4.31. The van der Waals surface area contributed by atoms with Crippen molar-refractivity contribution in [1.29, 1.82) is 0 Å². The van der Waals surface area contributed by atoms with E-state index >= 15 is 0 Å². The Bertz CT molecular complexity index is 202. The molecule has 0 heterocycles. The molecule has 0 amide bonds. The summed E-state index contributed by atoms with van der Waals surface area (Å²) in [5, 5.41) is 9.96. The average Bonchev–Trinajstić information content (AvgIpc) is 1.98. The molecule has 0 aromatic carbocycles. The quantitative estimate of drug-likeness (QED) is 0.562. The van der Waals surface area contributed by atoms with Gasteiger partial charge in [-0.3, -0.25) is 0 Å². The Morgan fingerprint density at radius 2 is 1.67 bits per heavy atom. The Labute approximate surface area is 73.1 Å². The van der Waals surface area contributed by atoms with E-state index in [-0.39, 0.29) is 11.6 Å². The molecular weight excluding hydrogens is 150 g/mol. The van der Waals surface area contributed by atoms with Crippen molar-refractivity contribution >= 4 is 0 Å². The van der Waals surface area contributed by atoms with Crippen molar-refractivity contribution in [2.45, 2.75) is 43.7 Å². The molecule has 4 rings (SSSR count). The number of aliphatic hydroxyl groups is 1. The minimum absolute atomic E-state index is 0.186. The predicted octanol–water partition coefficient (Wildman–Crippen LogP) is 0.885. The molecule has 4 fully saturated rings. The number of nitrogens with two attached hydrogens (primary N) is 1. The fraction of sp³-hybridized carbons (Fsp3) is 1.00. The van der Waals surface area contributed by atoms with Gasteiger partial charge in [-0.25, -0.2) is 0 Å². The molecule has 68 valence electrons. The lowest BCUT2D eigenvalue weighted by atomic mass is 9.52. The highest BCUT2D eigenvalue weighted by Gasteiger charge is 2.54. The molecule has 0 aromatic rings. The normalized spacial score (nSPS) is 62.5. The molecule has 0 aliphatic heterocycles. The second-order valence-corrected chi connectivity index (χ2v) is 5.29. The Hall–Kier alpha value is -0.0800. The van der Waals surface area contributed by atoms with Gasteiger partial charge in [0, 0.05) is 5.54 Å². The maximum Gasteiger partial charge on any atom is 0.0748 e. The van der Waals surface area contributed by atoms with Crippen LogP contribution in [0, 0.1) is 17.8 Å². The Morgan fingerprint density at radius 1 is 1.08 bits per heavy atom. The predicted molar refractivity (Wildman–Crippen MR) is 46.5 cm³/mol. The highest BCUT2D eigenvalue weighted by Crippen LogP contribution is 2.54. The van der Waals surface area contributed by atoms with Crippen LogP contribution in [0.4, 0.5) is 0 Å². The van der Waals surface area contributed by atoms with Gasteiger partial charge in [0.15, 0.2) is 0 Å². The summed E-state index contributed by atoms with van der Waals surface area (Å²) >= 11 is 0. The van der Waals surface area contributed by atoms with E-state index in [9.17, 15) is 5.11 Å². The van der Waals surface area contributed by atoms with Crippen molar-refractivity contribution in [2.75, 3.05) is 0 Å². The Morgan fingerprint density at radius 3 is 2.17 bits per heavy atom. The molecular formula is C10H17NO. The molecule has 4 bridgehead atoms. The standard InChI is InChI=1S/C10H17NO/c11-10-4-6-1-7(5-10)3-8(2-6)9(10)12/h6-9,12H,1-5,11H2. The zero-order chi connectivity index (χ0) is 8.34. The molecule has 3 unspecified atom stereocenters. The van der Waals surface area contributed by atoms with E-state index in [1.807, 2.05) is 0 Å². The maximum absolute atomic E-state index is 9.96. The Balaban J connectivity index is 1.97. The van der Waals surface area contributed by atoms with Crippen molar-refractivity contribution in [2.24, 2.45) is 23.5 Å². The van der Waals surface area contributed by atoms with Gasteiger partial charge in [-0.1, -0.05) is 0 Å². The lowest BCUT2D eigenvalue weighted by molar-refractivity contribution is -0.107. The molecule has 3 atom stereocenters. The van der Waals surface area contributed by atoms with Crippen LogP contribution in [0.2, 0.25) is 0 Å². The van der Waals surface area contributed by atoms with Crippen molar-refractivity contribution < 1.29 is 5.11 Å². The van der Waals surface area contributed by atoms with E-state index in [1.165, 1.54) is 19.3 Å². The van der Waals surface area contributed by atoms with E-state index in [0.29, 0.717) is 5.92 Å². The third-order valence-electron chi connectivity index (χ3n) is 4.31. The van der Waals surface area contributed by atoms with E-state index < -0.39 is 0 Å². The van der Waals surface area contributed by atoms with E-state index in [1.54, 1.807) is 0 Å². The molecule has 3 N–H and O–H groups in total. The van der Waals surface area contributed by atoms with E-state index in [0.717, 1.165) is 24.7 Å². The van der Waals surface area contributed by atoms with Gasteiger partial charge in [-0.2, -0.15) is 0 Å². The van der Waals surface area contributed by atoms with Gasteiger partial charge >= 0.3 is 0 Å². The summed E-state index contributed by atoms with van der Waals surface area (Å²) in [7, 11) is 0. The summed E-state index contributed by atoms with van der Waals surface area (Å²) in [6, 6.07) is 0. The minimum Gasteiger partial charge on any atom is -0.391 e. The molecule has 0 saturated heterocycles. The maximum atomic E-state index is 9.96. The van der Waals surface area contributed by atoms with Gasteiger partial charge in [0.2, 0.25) is 0 Å². The van der Waals surface area contributed by atoms with Gasteiger partial charge in [0.05, 0.1) is 6.10 Å². The first-order valence-corrected chi connectivity index (χ1v) is 5.14. The van der Waals surface area contributed by atoms with Crippen LogP contribution in [0.15, 0.2) is 0 Å². The topological polar surface area (TPSA) is 46.2 Å². The first-order chi connectivity index (χ1) is 5.67. The third kappa shape index (κ3) is 0.775. The summed E-state index contributed by atoms with van der Waals surface area (Å²) in [6.45, 7) is 0. The summed E-state index contributed by atoms with van der Waals surface area (Å²) < 4.78 is 0. The molecule has 2 heteroatoms. The van der Waals surface area contributed by atoms with Gasteiger partial charge in [-0.05, 0) is 49.9 Å².